The summed E-state index contributed by atoms with van der Waals surface area (Å²) >= 11 is 6.01. The minimum Gasteiger partial charge on any atom is -0.377 e. The number of β-amino-alcohol motifs (C(OH)–C–C–N with tert-alkyl or cyclic N) is 1. The van der Waals surface area contributed by atoms with Gasteiger partial charge in [0, 0.05) is 35.9 Å². The number of unbranched alkanes of at least 4 members (excludes halogenated alkanes) is 1. The smallest absolute Gasteiger partial charge is 0.272 e. The molecule has 9 heteroatoms. The van der Waals surface area contributed by atoms with Gasteiger partial charge in [-0.2, -0.15) is 5.10 Å². The number of hydrogen-bond acceptors (Lipinski definition) is 5. The number of amides is 1. The molecule has 4 rings (SSSR count). The Kier molecular flexibility index (Phi) is 7.27. The number of halogens is 1. The molecule has 0 radical (unpaired) electrons. The number of hydrogen-bond donors (Lipinski definition) is 3. The fourth-order valence-electron chi connectivity index (χ4n) is 4.09. The van der Waals surface area contributed by atoms with Crippen molar-refractivity contribution in [3.8, 4) is 11.3 Å². The Morgan fingerprint density at radius 1 is 1.24 bits per heavy atom. The molecular weight excluding hydrogens is 442 g/mol. The maximum atomic E-state index is 13.2. The van der Waals surface area contributed by atoms with E-state index in [0.717, 1.165) is 36.1 Å². The average molecular weight is 470 g/mol. The lowest BCUT2D eigenvalue weighted by molar-refractivity contribution is 0.0430. The van der Waals surface area contributed by atoms with Crippen LogP contribution in [0.5, 0.6) is 0 Å². The summed E-state index contributed by atoms with van der Waals surface area (Å²) in [5.74, 6) is -0.160. The number of aromatic amines is 1. The molecule has 3 N–H and O–H groups in total. The van der Waals surface area contributed by atoms with E-state index >= 15 is 0 Å². The van der Waals surface area contributed by atoms with Gasteiger partial charge < -0.3 is 15.0 Å². The van der Waals surface area contributed by atoms with Crippen molar-refractivity contribution in [3.05, 3.63) is 75.3 Å². The zero-order valence-electron chi connectivity index (χ0n) is 18.5. The SMILES string of the molecule is CCCCC1CN(CC(O)NCc2cc[nH]c(=O)c2)C(=O)c2cc(-c3ccc(Cl)cc3)nn21. The van der Waals surface area contributed by atoms with Crippen molar-refractivity contribution in [2.45, 2.75) is 45.0 Å². The zero-order valence-corrected chi connectivity index (χ0v) is 19.3. The van der Waals surface area contributed by atoms with Gasteiger partial charge in [0.25, 0.3) is 5.91 Å². The van der Waals surface area contributed by atoms with Gasteiger partial charge in [0.2, 0.25) is 5.56 Å². The normalized spacial score (nSPS) is 16.6. The molecule has 1 aromatic carbocycles. The van der Waals surface area contributed by atoms with E-state index in [0.29, 0.717) is 23.8 Å². The number of pyridine rings is 1. The number of carbonyl (C=O) groups excluding carboxylic acids is 1. The first-order valence-electron chi connectivity index (χ1n) is 11.2. The van der Waals surface area contributed by atoms with Crippen LogP contribution in [0.1, 0.15) is 48.3 Å². The van der Waals surface area contributed by atoms with Crippen molar-refractivity contribution in [1.29, 1.82) is 0 Å². The highest BCUT2D eigenvalue weighted by atomic mass is 35.5. The summed E-state index contributed by atoms with van der Waals surface area (Å²) in [7, 11) is 0. The molecule has 0 saturated heterocycles. The summed E-state index contributed by atoms with van der Waals surface area (Å²) < 4.78 is 1.84. The van der Waals surface area contributed by atoms with Crippen LogP contribution in [0.25, 0.3) is 11.3 Å². The monoisotopic (exact) mass is 469 g/mol. The largest absolute Gasteiger partial charge is 0.377 e. The van der Waals surface area contributed by atoms with Crippen LogP contribution in [-0.2, 0) is 6.54 Å². The predicted octanol–water partition coefficient (Wildman–Crippen LogP) is 3.19. The Morgan fingerprint density at radius 2 is 2.03 bits per heavy atom. The topological polar surface area (TPSA) is 103 Å². The molecule has 8 nitrogen and oxygen atoms in total. The molecular formula is C24H28ClN5O3. The fraction of sp³-hybridized carbons (Fsp3) is 0.375. The third-order valence-corrected chi connectivity index (χ3v) is 6.08. The molecule has 2 atom stereocenters. The number of aliphatic hydroxyl groups excluding tert-OH is 1. The van der Waals surface area contributed by atoms with Crippen LogP contribution >= 0.6 is 11.6 Å². The lowest BCUT2D eigenvalue weighted by Gasteiger charge is -2.34. The highest BCUT2D eigenvalue weighted by molar-refractivity contribution is 6.30. The van der Waals surface area contributed by atoms with Crippen LogP contribution < -0.4 is 10.9 Å². The molecule has 33 heavy (non-hydrogen) atoms. The molecule has 1 aliphatic rings. The Labute approximate surface area is 197 Å². The summed E-state index contributed by atoms with van der Waals surface area (Å²) in [4.78, 5) is 28.9. The molecule has 2 aromatic heterocycles. The summed E-state index contributed by atoms with van der Waals surface area (Å²) in [5, 5.41) is 18.9. The fourth-order valence-corrected chi connectivity index (χ4v) is 4.22. The molecule has 0 aliphatic carbocycles. The second-order valence-corrected chi connectivity index (χ2v) is 8.77. The van der Waals surface area contributed by atoms with Crippen molar-refractivity contribution in [3.63, 3.8) is 0 Å². The molecule has 3 aromatic rings. The lowest BCUT2D eigenvalue weighted by Crippen LogP contribution is -2.49. The van der Waals surface area contributed by atoms with Gasteiger partial charge in [0.1, 0.15) is 11.9 Å². The van der Waals surface area contributed by atoms with Gasteiger partial charge in [-0.1, -0.05) is 43.5 Å². The first kappa shape index (κ1) is 23.2. The van der Waals surface area contributed by atoms with Crippen LogP contribution in [0.3, 0.4) is 0 Å². The first-order valence-corrected chi connectivity index (χ1v) is 11.6. The minimum absolute atomic E-state index is 0.0404. The maximum Gasteiger partial charge on any atom is 0.272 e. The zero-order chi connectivity index (χ0) is 23.4. The van der Waals surface area contributed by atoms with E-state index in [2.05, 4.69) is 17.2 Å². The number of aliphatic hydroxyl groups is 1. The van der Waals surface area contributed by atoms with Crippen LogP contribution in [0.15, 0.2) is 53.5 Å². The Morgan fingerprint density at radius 3 is 2.76 bits per heavy atom. The van der Waals surface area contributed by atoms with Crippen LogP contribution in [0, 0.1) is 0 Å². The van der Waals surface area contributed by atoms with Gasteiger partial charge in [0.05, 0.1) is 18.3 Å². The van der Waals surface area contributed by atoms with Gasteiger partial charge in [-0.05, 0) is 36.2 Å². The van der Waals surface area contributed by atoms with E-state index in [1.807, 2.05) is 22.9 Å². The Bertz CT molecular complexity index is 1160. The van der Waals surface area contributed by atoms with Crippen molar-refractivity contribution in [2.24, 2.45) is 0 Å². The third kappa shape index (κ3) is 5.52. The van der Waals surface area contributed by atoms with E-state index in [4.69, 9.17) is 16.7 Å². The van der Waals surface area contributed by atoms with Gasteiger partial charge in [-0.15, -0.1) is 0 Å². The van der Waals surface area contributed by atoms with E-state index in [1.54, 1.807) is 29.3 Å². The molecule has 0 spiro atoms. The van der Waals surface area contributed by atoms with Gasteiger partial charge in [-0.25, -0.2) is 0 Å². The van der Waals surface area contributed by atoms with Crippen molar-refractivity contribution >= 4 is 17.5 Å². The van der Waals surface area contributed by atoms with Gasteiger partial charge >= 0.3 is 0 Å². The average Bonchev–Trinajstić information content (AvgIpc) is 3.25. The highest BCUT2D eigenvalue weighted by Gasteiger charge is 2.33. The number of rotatable bonds is 9. The molecule has 2 unspecified atom stereocenters. The predicted molar refractivity (Wildman–Crippen MR) is 127 cm³/mol. The molecule has 0 bridgehead atoms. The first-order chi connectivity index (χ1) is 15.9. The summed E-state index contributed by atoms with van der Waals surface area (Å²) in [6.45, 7) is 3.09. The van der Waals surface area contributed by atoms with Crippen LogP contribution in [0.4, 0.5) is 0 Å². The number of nitrogens with one attached hydrogen (secondary N) is 2. The number of nitrogens with zero attached hydrogens (tertiary/aromatic N) is 3. The molecule has 0 saturated carbocycles. The Hall–Kier alpha value is -2.94. The molecule has 3 heterocycles. The number of fused-ring (bicyclic) bond motifs is 1. The quantitative estimate of drug-likeness (QED) is 0.417. The third-order valence-electron chi connectivity index (χ3n) is 5.82. The van der Waals surface area contributed by atoms with Gasteiger partial charge in [0.15, 0.2) is 0 Å². The summed E-state index contributed by atoms with van der Waals surface area (Å²) in [5.41, 5.74) is 2.71. The van der Waals surface area contributed by atoms with Crippen molar-refractivity contribution in [2.75, 3.05) is 13.1 Å². The number of carbonyl (C=O) groups is 1. The molecule has 174 valence electrons. The van der Waals surface area contributed by atoms with E-state index in [-0.39, 0.29) is 24.1 Å². The van der Waals surface area contributed by atoms with E-state index < -0.39 is 6.23 Å². The standard InChI is InChI=1S/C24H28ClN5O3/c1-2-3-4-19-14-29(15-23(32)27-13-16-9-10-26-22(31)11-16)24(33)21-12-20(28-30(19)21)17-5-7-18(25)8-6-17/h5-12,19,23,27,32H,2-4,13-15H2,1H3,(H,26,31). The second kappa shape index (κ2) is 10.3. The van der Waals surface area contributed by atoms with Crippen LogP contribution in [-0.4, -0.2) is 50.0 Å². The van der Waals surface area contributed by atoms with Crippen molar-refractivity contribution < 1.29 is 9.90 Å². The lowest BCUT2D eigenvalue weighted by atomic mass is 10.1. The summed E-state index contributed by atoms with van der Waals surface area (Å²) in [6.07, 6.45) is 3.60. The number of benzene rings is 1. The summed E-state index contributed by atoms with van der Waals surface area (Å²) in [6, 6.07) is 12.5. The van der Waals surface area contributed by atoms with E-state index in [1.165, 1.54) is 6.07 Å². The van der Waals surface area contributed by atoms with Gasteiger partial charge in [-0.3, -0.25) is 19.6 Å². The maximum absolute atomic E-state index is 13.2. The van der Waals surface area contributed by atoms with E-state index in [9.17, 15) is 14.7 Å². The second-order valence-electron chi connectivity index (χ2n) is 8.33. The van der Waals surface area contributed by atoms with Crippen molar-refractivity contribution in [1.82, 2.24) is 25.0 Å². The highest BCUT2D eigenvalue weighted by Crippen LogP contribution is 2.29. The molecule has 0 fully saturated rings. The number of H-pyrrole nitrogens is 1. The Balaban J connectivity index is 1.50. The number of aromatic nitrogens is 3. The minimum atomic E-state index is -0.926. The molecule has 1 aliphatic heterocycles. The molecule has 1 amide bonds. The van der Waals surface area contributed by atoms with Crippen LogP contribution in [0.2, 0.25) is 5.02 Å².